The van der Waals surface area contributed by atoms with Gasteiger partial charge in [-0.15, -0.1) is 11.3 Å². The number of nitrogens with zero attached hydrogens (tertiary/aromatic N) is 5. The second-order valence-corrected chi connectivity index (χ2v) is 14.2. The van der Waals surface area contributed by atoms with Crippen LogP contribution in [0.4, 0.5) is 32.8 Å². The Morgan fingerprint density at radius 2 is 2.09 bits per heavy atom. The van der Waals surface area contributed by atoms with Crippen molar-refractivity contribution in [1.82, 2.24) is 20.2 Å². The normalized spacial score (nSPS) is 27.0. The number of nitrogens with two attached hydrogens (primary N) is 1. The molecule has 2 bridgehead atoms. The summed E-state index contributed by atoms with van der Waals surface area (Å²) in [4.78, 5) is 12.9. The van der Waals surface area contributed by atoms with E-state index in [-0.39, 0.29) is 63.6 Å². The van der Waals surface area contributed by atoms with Gasteiger partial charge in [0.05, 0.1) is 22.2 Å². The predicted octanol–water partition coefficient (Wildman–Crippen LogP) is 6.29. The molecule has 4 atom stereocenters. The maximum atomic E-state index is 16.8. The van der Waals surface area contributed by atoms with Crippen LogP contribution in [0.5, 0.6) is 6.01 Å². The summed E-state index contributed by atoms with van der Waals surface area (Å²) >= 11 is 1.15. The average molecular weight is 668 g/mol. The molecule has 0 aliphatic carbocycles. The number of nitrogens with one attached hydrogen (secondary N) is 1. The molecule has 2 aromatic carbocycles. The molecular formula is C33H30F5N7OS. The van der Waals surface area contributed by atoms with Crippen LogP contribution in [0.15, 0.2) is 36.4 Å². The molecule has 0 amide bonds. The molecule has 0 saturated carbocycles. The number of nitrogen functional groups attached to an aromatic ring is 1. The van der Waals surface area contributed by atoms with E-state index < -0.39 is 35.0 Å². The Morgan fingerprint density at radius 1 is 1.23 bits per heavy atom. The van der Waals surface area contributed by atoms with E-state index in [2.05, 4.69) is 26.3 Å². The number of benzene rings is 2. The van der Waals surface area contributed by atoms with E-state index >= 15 is 8.78 Å². The Kier molecular flexibility index (Phi) is 7.09. The molecule has 0 radical (unpaired) electrons. The fourth-order valence-electron chi connectivity index (χ4n) is 8.29. The number of anilines is 2. The third kappa shape index (κ3) is 4.89. The summed E-state index contributed by atoms with van der Waals surface area (Å²) in [6.45, 7) is 1.59. The van der Waals surface area contributed by atoms with E-state index in [0.29, 0.717) is 42.4 Å². The number of hydrogen-bond acceptors (Lipinski definition) is 9. The lowest BCUT2D eigenvalue weighted by atomic mass is 9.95. The van der Waals surface area contributed by atoms with Crippen LogP contribution in [0.1, 0.15) is 37.7 Å². The highest BCUT2D eigenvalue weighted by molar-refractivity contribution is 7.23. The Morgan fingerprint density at radius 3 is 2.89 bits per heavy atom. The second kappa shape index (κ2) is 11.0. The van der Waals surface area contributed by atoms with Crippen molar-refractivity contribution in [2.75, 3.05) is 43.4 Å². The van der Waals surface area contributed by atoms with Crippen LogP contribution >= 0.6 is 11.3 Å². The van der Waals surface area contributed by atoms with Gasteiger partial charge in [0.2, 0.25) is 0 Å². The van der Waals surface area contributed by atoms with Gasteiger partial charge in [-0.1, -0.05) is 12.1 Å². The Hall–Kier alpha value is -4.06. The number of fused-ring (bicyclic) bond motifs is 5. The van der Waals surface area contributed by atoms with E-state index in [0.717, 1.165) is 42.9 Å². The number of hydrogen-bond donors (Lipinski definition) is 2. The molecule has 4 fully saturated rings. The predicted molar refractivity (Wildman–Crippen MR) is 169 cm³/mol. The van der Waals surface area contributed by atoms with Gasteiger partial charge < -0.3 is 20.7 Å². The molecule has 8 rings (SSSR count). The van der Waals surface area contributed by atoms with Gasteiger partial charge in [0.25, 0.3) is 6.08 Å². The molecule has 4 aromatic rings. The molecule has 14 heteroatoms. The largest absolute Gasteiger partial charge is 0.461 e. The monoisotopic (exact) mass is 667 g/mol. The van der Waals surface area contributed by atoms with Crippen LogP contribution in [-0.4, -0.2) is 70.9 Å². The summed E-state index contributed by atoms with van der Waals surface area (Å²) in [6.07, 6.45) is 1.12. The standard InChI is InChI=1S/C33H30F5N7OS/c34-17-10-33(6-2-8-45(33)13-17)16-46-31-41-28-20(30(42-31)44-14-18-5-7-32(15-44,43-18)11-24(36)37)9-22(35)26(27(28)38)19-3-1-4-23-25(19)21(12-39)29(40)47-23/h1,3-4,9,11,17-18,43H,2,5-8,10,13-16,40H2/t17-,18-,32-,33+/m1/s1. The highest BCUT2D eigenvalue weighted by atomic mass is 32.1. The van der Waals surface area contributed by atoms with E-state index in [1.165, 1.54) is 6.07 Å². The molecule has 244 valence electrons. The summed E-state index contributed by atoms with van der Waals surface area (Å²) in [5.41, 5.74) is 4.18. The molecular weight excluding hydrogens is 637 g/mol. The quantitative estimate of drug-likeness (QED) is 0.232. The van der Waals surface area contributed by atoms with Crippen LogP contribution in [0.25, 0.3) is 32.1 Å². The van der Waals surface area contributed by atoms with Gasteiger partial charge in [0, 0.05) is 53.6 Å². The topological polar surface area (TPSA) is 103 Å². The minimum absolute atomic E-state index is 0.0557. The Labute approximate surface area is 270 Å². The lowest BCUT2D eigenvalue weighted by molar-refractivity contribution is 0.107. The summed E-state index contributed by atoms with van der Waals surface area (Å²) in [5.74, 6) is -1.73. The first kappa shape index (κ1) is 30.3. The molecule has 6 heterocycles. The molecule has 0 spiro atoms. The van der Waals surface area contributed by atoms with Crippen molar-refractivity contribution in [3.05, 3.63) is 53.6 Å². The first-order valence-corrected chi connectivity index (χ1v) is 16.4. The number of piperazine rings is 1. The number of aromatic nitrogens is 2. The van der Waals surface area contributed by atoms with Crippen molar-refractivity contribution in [1.29, 1.82) is 5.26 Å². The molecule has 4 saturated heterocycles. The van der Waals surface area contributed by atoms with E-state index in [9.17, 15) is 18.4 Å². The van der Waals surface area contributed by atoms with Crippen molar-refractivity contribution in [2.45, 2.75) is 55.4 Å². The fraction of sp³-hybridized carbons (Fsp3) is 0.424. The summed E-state index contributed by atoms with van der Waals surface area (Å²) in [6, 6.07) is 7.77. The van der Waals surface area contributed by atoms with Crippen molar-refractivity contribution in [3.8, 4) is 23.2 Å². The molecule has 47 heavy (non-hydrogen) atoms. The first-order valence-electron chi connectivity index (χ1n) is 15.6. The summed E-state index contributed by atoms with van der Waals surface area (Å²) in [5, 5.41) is 13.7. The lowest BCUT2D eigenvalue weighted by Crippen LogP contribution is -2.59. The van der Waals surface area contributed by atoms with Crippen LogP contribution < -0.4 is 20.7 Å². The Balaban J connectivity index is 1.29. The fourth-order valence-corrected chi connectivity index (χ4v) is 9.24. The van der Waals surface area contributed by atoms with Crippen LogP contribution in [0.2, 0.25) is 0 Å². The SMILES string of the molecule is N#Cc1c(N)sc2cccc(-c3c(F)cc4c(N5C[C@H]6CC[C@@](C=C(F)F)(C5)N6)nc(OC[C@@]56CCCN5C[C@H](F)C6)nc4c3F)c12. The van der Waals surface area contributed by atoms with Gasteiger partial charge in [0.1, 0.15) is 41.0 Å². The van der Waals surface area contributed by atoms with Crippen molar-refractivity contribution in [3.63, 3.8) is 0 Å². The van der Waals surface area contributed by atoms with Gasteiger partial charge in [-0.3, -0.25) is 4.90 Å². The molecule has 4 aliphatic heterocycles. The number of alkyl halides is 1. The van der Waals surface area contributed by atoms with E-state index in [1.54, 1.807) is 17.0 Å². The molecule has 4 aliphatic rings. The minimum Gasteiger partial charge on any atom is -0.461 e. The molecule has 0 unspecified atom stereocenters. The zero-order chi connectivity index (χ0) is 32.7. The highest BCUT2D eigenvalue weighted by Crippen LogP contribution is 2.45. The maximum absolute atomic E-state index is 16.8. The maximum Gasteiger partial charge on any atom is 0.319 e. The molecule has 3 N–H and O–H groups in total. The van der Waals surface area contributed by atoms with Gasteiger partial charge >= 0.3 is 6.01 Å². The zero-order valence-corrected chi connectivity index (χ0v) is 25.9. The van der Waals surface area contributed by atoms with Crippen molar-refractivity contribution < 1.29 is 26.7 Å². The summed E-state index contributed by atoms with van der Waals surface area (Å²) < 4.78 is 81.5. The van der Waals surface area contributed by atoms with Crippen LogP contribution in [-0.2, 0) is 0 Å². The third-order valence-corrected chi connectivity index (χ3v) is 11.2. The first-order chi connectivity index (χ1) is 22.6. The second-order valence-electron chi connectivity index (χ2n) is 13.1. The van der Waals surface area contributed by atoms with Crippen LogP contribution in [0, 0.1) is 23.0 Å². The van der Waals surface area contributed by atoms with Gasteiger partial charge in [-0.25, -0.2) is 13.2 Å². The molecule has 2 aromatic heterocycles. The molecule has 8 nitrogen and oxygen atoms in total. The van der Waals surface area contributed by atoms with Crippen molar-refractivity contribution >= 4 is 43.1 Å². The van der Waals surface area contributed by atoms with Crippen molar-refractivity contribution in [2.24, 2.45) is 0 Å². The Bertz CT molecular complexity index is 2010. The number of nitriles is 1. The van der Waals surface area contributed by atoms with E-state index in [4.69, 9.17) is 10.5 Å². The zero-order valence-electron chi connectivity index (χ0n) is 25.1. The number of thiophene rings is 1. The van der Waals surface area contributed by atoms with Gasteiger partial charge in [-0.05, 0) is 49.9 Å². The minimum atomic E-state index is -1.82. The van der Waals surface area contributed by atoms with Gasteiger partial charge in [0.15, 0.2) is 5.82 Å². The third-order valence-electron chi connectivity index (χ3n) is 10.2. The van der Waals surface area contributed by atoms with E-state index in [1.807, 2.05) is 0 Å². The highest BCUT2D eigenvalue weighted by Gasteiger charge is 2.50. The average Bonchev–Trinajstić information content (AvgIpc) is 3.74. The summed E-state index contributed by atoms with van der Waals surface area (Å²) in [7, 11) is 0. The number of ether oxygens (including phenoxy) is 1. The lowest BCUT2D eigenvalue weighted by Gasteiger charge is -2.40. The van der Waals surface area contributed by atoms with Gasteiger partial charge in [-0.2, -0.15) is 24.0 Å². The smallest absolute Gasteiger partial charge is 0.319 e. The van der Waals surface area contributed by atoms with Crippen LogP contribution in [0.3, 0.4) is 0 Å². The number of halogens is 5. The number of rotatable bonds is 6.